The standard InChI is InChI=1S/C34H40F3N5O6S/c1-19(2)48-32(44)38-23-14-24(15-23)42-25(17-33(5,6)34(35,36)37)18-47-28-16-27(29-20(3)9-7-10-21(29)4)39-31(40-28)41-49(45,46)26-12-8-11-22(13-26)30(42)43/h7-13,16,19,23-25H,14-15,17-18H2,1-6H3,(H,38,44)(H,39,40,41)/t23?,24?,25-/m1/s1. The molecule has 264 valence electrons. The lowest BCUT2D eigenvalue weighted by Crippen LogP contribution is -2.60. The minimum Gasteiger partial charge on any atom is -0.475 e. The van der Waals surface area contributed by atoms with E-state index < -0.39 is 64.8 Å². The summed E-state index contributed by atoms with van der Waals surface area (Å²) in [5.41, 5.74) is 0.437. The van der Waals surface area contributed by atoms with E-state index in [1.54, 1.807) is 13.8 Å². The van der Waals surface area contributed by atoms with Gasteiger partial charge in [-0.1, -0.05) is 38.1 Å². The topological polar surface area (TPSA) is 140 Å². The molecule has 2 aromatic carbocycles. The third-order valence-corrected chi connectivity index (χ3v) is 10.1. The third kappa shape index (κ3) is 7.92. The zero-order valence-corrected chi connectivity index (χ0v) is 28.9. The largest absolute Gasteiger partial charge is 0.475 e. The summed E-state index contributed by atoms with van der Waals surface area (Å²) >= 11 is 0. The van der Waals surface area contributed by atoms with Crippen LogP contribution in [0.4, 0.5) is 23.9 Å². The van der Waals surface area contributed by atoms with Gasteiger partial charge in [-0.15, -0.1) is 0 Å². The van der Waals surface area contributed by atoms with E-state index in [0.717, 1.165) is 25.0 Å². The van der Waals surface area contributed by atoms with E-state index in [9.17, 15) is 31.2 Å². The monoisotopic (exact) mass is 703 g/mol. The Kier molecular flexibility index (Phi) is 9.88. The zero-order chi connectivity index (χ0) is 35.9. The summed E-state index contributed by atoms with van der Waals surface area (Å²) in [6.07, 6.45) is -5.70. The van der Waals surface area contributed by atoms with Crippen molar-refractivity contribution in [2.75, 3.05) is 11.3 Å². The Balaban J connectivity index is 1.62. The van der Waals surface area contributed by atoms with Crippen molar-refractivity contribution in [3.8, 4) is 17.1 Å². The molecule has 15 heteroatoms. The van der Waals surface area contributed by atoms with E-state index in [1.807, 2.05) is 32.0 Å². The van der Waals surface area contributed by atoms with E-state index in [4.69, 9.17) is 9.47 Å². The van der Waals surface area contributed by atoms with Crippen LogP contribution in [0.15, 0.2) is 53.4 Å². The Morgan fingerprint density at radius 1 is 1.08 bits per heavy atom. The number of alkyl halides is 3. The molecule has 5 rings (SSSR count). The molecule has 0 unspecified atom stereocenters. The molecule has 0 radical (unpaired) electrons. The summed E-state index contributed by atoms with van der Waals surface area (Å²) in [6, 6.07) is 10.2. The van der Waals surface area contributed by atoms with Crippen molar-refractivity contribution in [3.63, 3.8) is 0 Å². The van der Waals surface area contributed by atoms with Crippen molar-refractivity contribution in [2.45, 2.75) is 96.1 Å². The van der Waals surface area contributed by atoms with Crippen LogP contribution in [-0.2, 0) is 14.8 Å². The molecule has 0 spiro atoms. The van der Waals surface area contributed by atoms with E-state index in [2.05, 4.69) is 20.0 Å². The van der Waals surface area contributed by atoms with Gasteiger partial charge in [-0.3, -0.25) is 4.79 Å². The van der Waals surface area contributed by atoms with E-state index in [1.165, 1.54) is 35.2 Å². The van der Waals surface area contributed by atoms with Gasteiger partial charge in [-0.05, 0) is 76.3 Å². The molecular formula is C34H40F3N5O6S. The first-order valence-electron chi connectivity index (χ1n) is 15.9. The fraction of sp³-hybridized carbons (Fsp3) is 0.471. The number of amides is 2. The summed E-state index contributed by atoms with van der Waals surface area (Å²) in [5.74, 6) is -1.08. The zero-order valence-electron chi connectivity index (χ0n) is 28.1. The lowest BCUT2D eigenvalue weighted by atomic mass is 9.80. The molecule has 2 aliphatic rings. The number of sulfonamides is 1. The van der Waals surface area contributed by atoms with Gasteiger partial charge in [0.05, 0.1) is 28.2 Å². The summed E-state index contributed by atoms with van der Waals surface area (Å²) < 4.78 is 83.9. The molecule has 49 heavy (non-hydrogen) atoms. The van der Waals surface area contributed by atoms with Crippen LogP contribution in [0.2, 0.25) is 0 Å². The highest BCUT2D eigenvalue weighted by Crippen LogP contribution is 2.43. The van der Waals surface area contributed by atoms with Crippen molar-refractivity contribution in [1.29, 1.82) is 0 Å². The smallest absolute Gasteiger partial charge is 0.407 e. The Hall–Kier alpha value is -4.40. The highest BCUT2D eigenvalue weighted by Gasteiger charge is 2.51. The maximum atomic E-state index is 14.4. The quantitative estimate of drug-likeness (QED) is 0.300. The number of alkyl carbamates (subject to hydrolysis) is 1. The molecule has 1 fully saturated rings. The number of carbonyl (C=O) groups is 2. The Bertz CT molecular complexity index is 1820. The van der Waals surface area contributed by atoms with Crippen LogP contribution in [-0.4, -0.2) is 72.3 Å². The molecule has 3 aromatic rings. The van der Waals surface area contributed by atoms with Gasteiger partial charge in [0.1, 0.15) is 6.61 Å². The number of ether oxygens (including phenoxy) is 2. The second-order valence-corrected chi connectivity index (χ2v) is 15.2. The average molecular weight is 704 g/mol. The summed E-state index contributed by atoms with van der Waals surface area (Å²) in [6.45, 7) is 8.85. The van der Waals surface area contributed by atoms with Crippen LogP contribution in [0.3, 0.4) is 0 Å². The summed E-state index contributed by atoms with van der Waals surface area (Å²) in [4.78, 5) is 36.4. The first-order valence-corrected chi connectivity index (χ1v) is 17.4. The number of nitrogens with zero attached hydrogens (tertiary/aromatic N) is 3. The highest BCUT2D eigenvalue weighted by atomic mass is 32.2. The van der Waals surface area contributed by atoms with Gasteiger partial charge in [-0.2, -0.15) is 18.2 Å². The summed E-state index contributed by atoms with van der Waals surface area (Å²) in [7, 11) is -4.34. The molecule has 11 nitrogen and oxygen atoms in total. The van der Waals surface area contributed by atoms with Crippen LogP contribution in [0.5, 0.6) is 5.88 Å². The lowest BCUT2D eigenvalue weighted by Gasteiger charge is -2.47. The molecule has 1 atom stereocenters. The molecule has 4 bridgehead atoms. The molecular weight excluding hydrogens is 663 g/mol. The number of hydrogen-bond acceptors (Lipinski definition) is 8. The van der Waals surface area contributed by atoms with Crippen LogP contribution >= 0.6 is 0 Å². The maximum Gasteiger partial charge on any atom is 0.407 e. The normalized spacial score (nSPS) is 20.9. The number of aryl methyl sites for hydroxylation is 2. The SMILES string of the molecule is Cc1cccc(C)c1-c1cc2nc(n1)NS(=O)(=O)c1cccc(c1)C(=O)N(C1CC(NC(=O)OC(C)C)C1)[C@H](CC(C)(C)C(F)(F)F)CO2. The van der Waals surface area contributed by atoms with Crippen molar-refractivity contribution in [3.05, 3.63) is 65.2 Å². The summed E-state index contributed by atoms with van der Waals surface area (Å²) in [5, 5.41) is 2.73. The van der Waals surface area contributed by atoms with Crippen molar-refractivity contribution in [1.82, 2.24) is 20.2 Å². The second-order valence-electron chi connectivity index (χ2n) is 13.5. The first kappa shape index (κ1) is 35.9. The molecule has 1 saturated carbocycles. The molecule has 1 aliphatic heterocycles. The van der Waals surface area contributed by atoms with E-state index >= 15 is 0 Å². The number of anilines is 1. The predicted octanol–water partition coefficient (Wildman–Crippen LogP) is 6.41. The number of fused-ring (bicyclic) bond motifs is 4. The molecule has 1 aliphatic carbocycles. The van der Waals surface area contributed by atoms with Gasteiger partial charge in [0.2, 0.25) is 11.8 Å². The number of rotatable bonds is 6. The van der Waals surface area contributed by atoms with Crippen LogP contribution in [0, 0.1) is 19.3 Å². The molecule has 2 N–H and O–H groups in total. The molecule has 1 aromatic heterocycles. The van der Waals surface area contributed by atoms with Crippen molar-refractivity contribution < 1.29 is 40.7 Å². The van der Waals surface area contributed by atoms with Gasteiger partial charge in [0.15, 0.2) is 0 Å². The first-order chi connectivity index (χ1) is 22.8. The fourth-order valence-electron chi connectivity index (χ4n) is 6.12. The van der Waals surface area contributed by atoms with Crippen LogP contribution in [0.1, 0.15) is 68.4 Å². The molecule has 2 amide bonds. The molecule has 0 saturated heterocycles. The van der Waals surface area contributed by atoms with Gasteiger partial charge < -0.3 is 19.7 Å². The Morgan fingerprint density at radius 3 is 2.37 bits per heavy atom. The number of nitrogens with one attached hydrogen (secondary N) is 2. The number of carbonyl (C=O) groups excluding carboxylic acids is 2. The van der Waals surface area contributed by atoms with Crippen molar-refractivity contribution in [2.24, 2.45) is 5.41 Å². The van der Waals surface area contributed by atoms with Gasteiger partial charge in [-0.25, -0.2) is 22.9 Å². The van der Waals surface area contributed by atoms with Crippen LogP contribution < -0.4 is 14.8 Å². The molecule has 2 heterocycles. The maximum absolute atomic E-state index is 14.4. The minimum absolute atomic E-state index is 0.0450. The number of benzene rings is 2. The lowest BCUT2D eigenvalue weighted by molar-refractivity contribution is -0.218. The van der Waals surface area contributed by atoms with Gasteiger partial charge in [0.25, 0.3) is 15.9 Å². The number of hydrogen-bond donors (Lipinski definition) is 2. The second kappa shape index (κ2) is 13.5. The van der Waals surface area contributed by atoms with Crippen molar-refractivity contribution >= 4 is 28.0 Å². The number of halogens is 3. The minimum atomic E-state index is -4.62. The predicted molar refractivity (Wildman–Crippen MR) is 176 cm³/mol. The van der Waals surface area contributed by atoms with E-state index in [0.29, 0.717) is 11.3 Å². The van der Waals surface area contributed by atoms with Crippen LogP contribution in [0.25, 0.3) is 11.3 Å². The fourth-order valence-corrected chi connectivity index (χ4v) is 7.11. The van der Waals surface area contributed by atoms with Gasteiger partial charge in [0, 0.05) is 29.3 Å². The Labute approximate surface area is 283 Å². The highest BCUT2D eigenvalue weighted by molar-refractivity contribution is 7.92. The Morgan fingerprint density at radius 2 is 1.73 bits per heavy atom. The van der Waals surface area contributed by atoms with Gasteiger partial charge >= 0.3 is 12.3 Å². The number of aromatic nitrogens is 2. The third-order valence-electron chi connectivity index (χ3n) is 8.79. The average Bonchev–Trinajstić information content (AvgIpc) is 2.97. The van der Waals surface area contributed by atoms with E-state index in [-0.39, 0.29) is 41.2 Å².